The highest BCUT2D eigenvalue weighted by Gasteiger charge is 2.23. The molecule has 0 aromatic carbocycles. The van der Waals surface area contributed by atoms with Crippen LogP contribution >= 0.6 is 23.1 Å². The first kappa shape index (κ1) is 23.1. The van der Waals surface area contributed by atoms with Gasteiger partial charge in [0, 0.05) is 23.7 Å². The first-order chi connectivity index (χ1) is 16.0. The second-order valence-corrected chi connectivity index (χ2v) is 9.38. The number of aromatic nitrogens is 4. The van der Waals surface area contributed by atoms with Crippen molar-refractivity contribution in [3.63, 3.8) is 0 Å². The topological polar surface area (TPSA) is 116 Å². The molecule has 0 bridgehead atoms. The fourth-order valence-electron chi connectivity index (χ4n) is 3.67. The lowest BCUT2D eigenvalue weighted by molar-refractivity contribution is -0.113. The van der Waals surface area contributed by atoms with Crippen molar-refractivity contribution < 1.29 is 14.3 Å². The number of esters is 1. The summed E-state index contributed by atoms with van der Waals surface area (Å²) in [6.07, 6.45) is 6.03. The van der Waals surface area contributed by atoms with Crippen LogP contribution in [0.3, 0.4) is 0 Å². The Kier molecular flexibility index (Phi) is 7.19. The summed E-state index contributed by atoms with van der Waals surface area (Å²) in [5.41, 5.74) is 3.15. The number of amides is 1. The van der Waals surface area contributed by atoms with Crippen molar-refractivity contribution in [1.82, 2.24) is 19.5 Å². The normalized spacial score (nSPS) is 12.4. The molecule has 3 aromatic heterocycles. The van der Waals surface area contributed by atoms with Crippen molar-refractivity contribution in [2.24, 2.45) is 0 Å². The van der Waals surface area contributed by atoms with Gasteiger partial charge in [-0.1, -0.05) is 29.2 Å². The second kappa shape index (κ2) is 10.3. The van der Waals surface area contributed by atoms with Gasteiger partial charge in [0.15, 0.2) is 5.13 Å². The molecule has 0 aliphatic heterocycles. The largest absolute Gasteiger partial charge is 0.462 e. The lowest BCUT2D eigenvalue weighted by Crippen LogP contribution is -2.28. The maximum absolute atomic E-state index is 12.8. The Morgan fingerprint density at radius 2 is 2.15 bits per heavy atom. The van der Waals surface area contributed by atoms with Crippen molar-refractivity contribution in [3.8, 4) is 0 Å². The summed E-state index contributed by atoms with van der Waals surface area (Å²) >= 11 is 2.33. The number of hydrogen-bond acceptors (Lipinski definition) is 9. The molecular formula is C22H23N5O4S2. The number of hydrogen-bond donors (Lipinski definition) is 1. The molecule has 4 rings (SSSR count). The summed E-state index contributed by atoms with van der Waals surface area (Å²) in [5, 5.41) is 3.66. The number of carbonyl (C=O) groups is 2. The van der Waals surface area contributed by atoms with E-state index in [4.69, 9.17) is 4.74 Å². The summed E-state index contributed by atoms with van der Waals surface area (Å²) in [7, 11) is 0. The third-order valence-electron chi connectivity index (χ3n) is 5.11. The predicted molar refractivity (Wildman–Crippen MR) is 126 cm³/mol. The Hall–Kier alpha value is -3.05. The molecule has 3 aromatic rings. The minimum atomic E-state index is -0.450. The van der Waals surface area contributed by atoms with E-state index in [1.807, 2.05) is 12.1 Å². The van der Waals surface area contributed by atoms with E-state index in [9.17, 15) is 14.4 Å². The third-order valence-corrected chi connectivity index (χ3v) is 7.18. The molecule has 0 fully saturated rings. The molecule has 0 saturated heterocycles. The summed E-state index contributed by atoms with van der Waals surface area (Å²) in [6.45, 7) is 4.13. The van der Waals surface area contributed by atoms with Gasteiger partial charge in [0.2, 0.25) is 5.91 Å². The SMILES string of the molecule is CCOC(=O)c1sc(NC(=O)CSc2nc(=O)n(Cc3cccnc3)c3c2CCC3)nc1C. The molecule has 1 amide bonds. The highest BCUT2D eigenvalue weighted by atomic mass is 32.2. The number of carbonyl (C=O) groups excluding carboxylic acids is 2. The number of nitrogens with zero attached hydrogens (tertiary/aromatic N) is 4. The zero-order valence-electron chi connectivity index (χ0n) is 18.3. The zero-order valence-corrected chi connectivity index (χ0v) is 19.9. The second-order valence-electron chi connectivity index (χ2n) is 7.42. The van der Waals surface area contributed by atoms with Gasteiger partial charge in [-0.05, 0) is 44.7 Å². The lowest BCUT2D eigenvalue weighted by Gasteiger charge is -2.14. The lowest BCUT2D eigenvalue weighted by atomic mass is 10.2. The van der Waals surface area contributed by atoms with Gasteiger partial charge in [-0.15, -0.1) is 0 Å². The monoisotopic (exact) mass is 485 g/mol. The summed E-state index contributed by atoms with van der Waals surface area (Å²) < 4.78 is 6.71. The number of anilines is 1. The third kappa shape index (κ3) is 5.31. The number of ether oxygens (including phenoxy) is 1. The number of aryl methyl sites for hydroxylation is 1. The van der Waals surface area contributed by atoms with E-state index in [1.54, 1.807) is 30.8 Å². The van der Waals surface area contributed by atoms with Gasteiger partial charge >= 0.3 is 11.7 Å². The van der Waals surface area contributed by atoms with Crippen molar-refractivity contribution in [3.05, 3.63) is 62.4 Å². The Morgan fingerprint density at radius 3 is 2.91 bits per heavy atom. The van der Waals surface area contributed by atoms with E-state index in [0.717, 1.165) is 47.4 Å². The fraction of sp³-hybridized carbons (Fsp3) is 0.364. The van der Waals surface area contributed by atoms with Crippen LogP contribution < -0.4 is 11.0 Å². The Bertz CT molecular complexity index is 1240. The van der Waals surface area contributed by atoms with E-state index < -0.39 is 5.97 Å². The fourth-order valence-corrected chi connectivity index (χ4v) is 5.42. The molecule has 0 unspecified atom stereocenters. The van der Waals surface area contributed by atoms with E-state index in [1.165, 1.54) is 11.8 Å². The van der Waals surface area contributed by atoms with Crippen LogP contribution in [0.2, 0.25) is 0 Å². The van der Waals surface area contributed by atoms with E-state index in [2.05, 4.69) is 20.3 Å². The van der Waals surface area contributed by atoms with Gasteiger partial charge in [0.05, 0.1) is 24.6 Å². The van der Waals surface area contributed by atoms with Gasteiger partial charge in [0.25, 0.3) is 0 Å². The van der Waals surface area contributed by atoms with Gasteiger partial charge < -0.3 is 10.1 Å². The molecule has 0 spiro atoms. The van der Waals surface area contributed by atoms with E-state index in [0.29, 0.717) is 27.3 Å². The Balaban J connectivity index is 1.45. The molecule has 33 heavy (non-hydrogen) atoms. The number of nitrogens with one attached hydrogen (secondary N) is 1. The molecule has 1 aliphatic carbocycles. The summed E-state index contributed by atoms with van der Waals surface area (Å²) in [5.74, 6) is -0.648. The summed E-state index contributed by atoms with van der Waals surface area (Å²) in [4.78, 5) is 50.2. The van der Waals surface area contributed by atoms with Gasteiger partial charge in [0.1, 0.15) is 9.90 Å². The molecule has 9 nitrogen and oxygen atoms in total. The highest BCUT2D eigenvalue weighted by molar-refractivity contribution is 8.00. The van der Waals surface area contributed by atoms with E-state index in [-0.39, 0.29) is 24.0 Å². The molecule has 0 radical (unpaired) electrons. The first-order valence-electron chi connectivity index (χ1n) is 10.5. The average molecular weight is 486 g/mol. The highest BCUT2D eigenvalue weighted by Crippen LogP contribution is 2.30. The van der Waals surface area contributed by atoms with Crippen LogP contribution in [0.4, 0.5) is 5.13 Å². The smallest absolute Gasteiger partial charge is 0.350 e. The Morgan fingerprint density at radius 1 is 1.30 bits per heavy atom. The zero-order chi connectivity index (χ0) is 23.4. The molecule has 1 N–H and O–H groups in total. The molecular weight excluding hydrogens is 462 g/mol. The van der Waals surface area contributed by atoms with Crippen molar-refractivity contribution in [2.75, 3.05) is 17.7 Å². The van der Waals surface area contributed by atoms with Crippen LogP contribution in [0.15, 0.2) is 34.3 Å². The van der Waals surface area contributed by atoms with Gasteiger partial charge in [-0.2, -0.15) is 4.98 Å². The molecule has 0 atom stereocenters. The first-order valence-corrected chi connectivity index (χ1v) is 12.3. The standard InChI is InChI=1S/C22H23N5O4S2/c1-3-31-20(29)18-13(2)24-21(33-18)25-17(28)12-32-19-15-7-4-8-16(15)27(22(30)26-19)11-14-6-5-9-23-10-14/h5-6,9-10H,3-4,7-8,11-12H2,1-2H3,(H,24,25,28). The van der Waals surface area contributed by atoms with Crippen LogP contribution in [-0.2, 0) is 28.9 Å². The molecule has 0 saturated carbocycles. The number of fused-ring (bicyclic) bond motifs is 1. The number of thioether (sulfide) groups is 1. The molecule has 1 aliphatic rings. The van der Waals surface area contributed by atoms with Crippen LogP contribution in [0, 0.1) is 6.92 Å². The average Bonchev–Trinajstić information content (AvgIpc) is 3.42. The maximum Gasteiger partial charge on any atom is 0.350 e. The van der Waals surface area contributed by atoms with Crippen LogP contribution in [0.1, 0.15) is 45.5 Å². The minimum Gasteiger partial charge on any atom is -0.462 e. The minimum absolute atomic E-state index is 0.0822. The van der Waals surface area contributed by atoms with Crippen LogP contribution in [0.5, 0.6) is 0 Å². The predicted octanol–water partition coefficient (Wildman–Crippen LogP) is 2.85. The maximum atomic E-state index is 12.8. The van der Waals surface area contributed by atoms with Crippen molar-refractivity contribution in [2.45, 2.75) is 44.7 Å². The Labute approximate surface area is 198 Å². The van der Waals surface area contributed by atoms with Crippen LogP contribution in [-0.4, -0.2) is 43.8 Å². The molecule has 3 heterocycles. The van der Waals surface area contributed by atoms with E-state index >= 15 is 0 Å². The summed E-state index contributed by atoms with van der Waals surface area (Å²) in [6, 6.07) is 3.78. The van der Waals surface area contributed by atoms with Crippen molar-refractivity contribution >= 4 is 40.1 Å². The van der Waals surface area contributed by atoms with Gasteiger partial charge in [-0.25, -0.2) is 14.6 Å². The van der Waals surface area contributed by atoms with Crippen molar-refractivity contribution in [1.29, 1.82) is 0 Å². The molecule has 11 heteroatoms. The molecule has 172 valence electrons. The van der Waals surface area contributed by atoms with Gasteiger partial charge in [-0.3, -0.25) is 14.3 Å². The van der Waals surface area contributed by atoms with Crippen LogP contribution in [0.25, 0.3) is 0 Å². The number of thiazole rings is 1. The quantitative estimate of drug-likeness (QED) is 0.294. The number of rotatable bonds is 8. The number of pyridine rings is 1.